The Balaban J connectivity index is 1.18. The Morgan fingerprint density at radius 1 is 0.906 bits per heavy atom. The van der Waals surface area contributed by atoms with Crippen LogP contribution in [0.5, 0.6) is 17.2 Å². The van der Waals surface area contributed by atoms with Crippen LogP contribution in [-0.4, -0.2) is 38.0 Å². The van der Waals surface area contributed by atoms with Crippen molar-refractivity contribution in [3.8, 4) is 17.2 Å². The highest BCUT2D eigenvalue weighted by Crippen LogP contribution is 2.39. The lowest BCUT2D eigenvalue weighted by Gasteiger charge is -2.19. The van der Waals surface area contributed by atoms with E-state index in [2.05, 4.69) is 6.58 Å². The number of fused-ring (bicyclic) bond motifs is 1. The first-order valence-electron chi connectivity index (χ1n) is 11.3. The number of unbranched alkanes of at least 4 members (excludes halogenated alkanes) is 1. The molecule has 1 saturated carbocycles. The van der Waals surface area contributed by atoms with Crippen LogP contribution in [0.1, 0.15) is 42.5 Å². The summed E-state index contributed by atoms with van der Waals surface area (Å²) < 4.78 is 27.7. The number of ether oxygens (including phenoxy) is 5. The van der Waals surface area contributed by atoms with E-state index in [0.717, 1.165) is 43.6 Å². The minimum atomic E-state index is -0.409. The average Bonchev–Trinajstić information content (AvgIpc) is 3.60. The molecule has 0 aromatic heterocycles. The summed E-state index contributed by atoms with van der Waals surface area (Å²) in [6.07, 6.45) is 7.59. The number of benzene rings is 2. The molecule has 4 rings (SSSR count). The number of carbonyl (C=O) groups is 1. The van der Waals surface area contributed by atoms with Crippen LogP contribution in [0.2, 0.25) is 0 Å². The molecule has 0 bridgehead atoms. The molecule has 0 radical (unpaired) electrons. The van der Waals surface area contributed by atoms with Crippen molar-refractivity contribution in [2.45, 2.75) is 44.3 Å². The van der Waals surface area contributed by atoms with Crippen LogP contribution in [0.4, 0.5) is 0 Å². The molecular formula is C26H30O6. The molecule has 2 aromatic rings. The summed E-state index contributed by atoms with van der Waals surface area (Å²) in [6.45, 7) is 5.43. The number of hydrogen-bond donors (Lipinski definition) is 0. The Bertz CT molecular complexity index is 876. The van der Waals surface area contributed by atoms with E-state index >= 15 is 0 Å². The van der Waals surface area contributed by atoms with Gasteiger partial charge in [-0.2, -0.15) is 0 Å². The predicted molar refractivity (Wildman–Crippen MR) is 120 cm³/mol. The zero-order valence-corrected chi connectivity index (χ0v) is 18.2. The number of rotatable bonds is 12. The second kappa shape index (κ2) is 11.0. The molecule has 32 heavy (non-hydrogen) atoms. The normalized spacial score (nSPS) is 21.2. The van der Waals surface area contributed by atoms with Crippen LogP contribution in [0.25, 0.3) is 0 Å². The second-order valence-corrected chi connectivity index (χ2v) is 8.18. The van der Waals surface area contributed by atoms with Crippen LogP contribution in [0.15, 0.2) is 61.4 Å². The maximum Gasteiger partial charge on any atom is 0.343 e. The van der Waals surface area contributed by atoms with E-state index in [1.165, 1.54) is 6.26 Å². The Hall–Kier alpha value is -2.99. The van der Waals surface area contributed by atoms with Gasteiger partial charge in [0.15, 0.2) is 0 Å². The van der Waals surface area contributed by atoms with Gasteiger partial charge >= 0.3 is 5.97 Å². The second-order valence-electron chi connectivity index (χ2n) is 8.18. The van der Waals surface area contributed by atoms with E-state index in [-0.39, 0.29) is 0 Å². The van der Waals surface area contributed by atoms with E-state index < -0.39 is 5.97 Å². The van der Waals surface area contributed by atoms with E-state index in [0.29, 0.717) is 49.3 Å². The van der Waals surface area contributed by atoms with E-state index in [4.69, 9.17) is 23.7 Å². The molecule has 0 amide bonds. The summed E-state index contributed by atoms with van der Waals surface area (Å²) in [6, 6.07) is 14.1. The lowest BCUT2D eigenvalue weighted by Crippen LogP contribution is -2.19. The van der Waals surface area contributed by atoms with Crippen molar-refractivity contribution in [2.75, 3.05) is 19.8 Å². The lowest BCUT2D eigenvalue weighted by atomic mass is 9.90. The van der Waals surface area contributed by atoms with Gasteiger partial charge < -0.3 is 23.7 Å². The van der Waals surface area contributed by atoms with Crippen LogP contribution in [0.3, 0.4) is 0 Å². The molecule has 1 aliphatic heterocycles. The van der Waals surface area contributed by atoms with Gasteiger partial charge in [-0.3, -0.25) is 0 Å². The maximum atomic E-state index is 12.4. The van der Waals surface area contributed by atoms with Crippen LogP contribution < -0.4 is 14.2 Å². The Kier molecular flexibility index (Phi) is 7.67. The molecule has 3 unspecified atom stereocenters. The fraction of sp³-hybridized carbons (Fsp3) is 0.423. The molecule has 0 N–H and O–H groups in total. The van der Waals surface area contributed by atoms with Crippen molar-refractivity contribution < 1.29 is 28.5 Å². The van der Waals surface area contributed by atoms with Crippen molar-refractivity contribution in [2.24, 2.45) is 5.92 Å². The molecule has 0 spiro atoms. The number of epoxide rings is 1. The zero-order valence-electron chi connectivity index (χ0n) is 18.2. The molecule has 2 aliphatic rings. The van der Waals surface area contributed by atoms with E-state index in [1.807, 2.05) is 12.1 Å². The summed E-state index contributed by atoms with van der Waals surface area (Å²) in [5.74, 6) is 2.12. The van der Waals surface area contributed by atoms with Gasteiger partial charge in [0.2, 0.25) is 0 Å². The summed E-state index contributed by atoms with van der Waals surface area (Å²) in [5, 5.41) is 0. The highest BCUT2D eigenvalue weighted by atomic mass is 16.6. The average molecular weight is 439 g/mol. The quantitative estimate of drug-likeness (QED) is 0.150. The molecule has 1 aliphatic carbocycles. The van der Waals surface area contributed by atoms with Crippen molar-refractivity contribution in [3.63, 3.8) is 0 Å². The smallest absolute Gasteiger partial charge is 0.343 e. The van der Waals surface area contributed by atoms with Crippen molar-refractivity contribution in [3.05, 3.63) is 66.9 Å². The maximum absolute atomic E-state index is 12.4. The van der Waals surface area contributed by atoms with Gasteiger partial charge in [0.1, 0.15) is 17.2 Å². The van der Waals surface area contributed by atoms with E-state index in [1.54, 1.807) is 36.4 Å². The van der Waals surface area contributed by atoms with Crippen molar-refractivity contribution in [1.82, 2.24) is 0 Å². The van der Waals surface area contributed by atoms with Gasteiger partial charge in [0, 0.05) is 0 Å². The largest absolute Gasteiger partial charge is 0.502 e. The highest BCUT2D eigenvalue weighted by Gasteiger charge is 2.43. The molecule has 2 fully saturated rings. The predicted octanol–water partition coefficient (Wildman–Crippen LogP) is 5.17. The zero-order chi connectivity index (χ0) is 22.2. The van der Waals surface area contributed by atoms with Gasteiger partial charge in [0.05, 0.1) is 43.9 Å². The SMILES string of the molecule is C=COCCCCOc1ccc(C(=O)Oc2ccc(OCC3CCC4OC4C3)cc2)cc1. The van der Waals surface area contributed by atoms with Gasteiger partial charge in [-0.15, -0.1) is 0 Å². The fourth-order valence-electron chi connectivity index (χ4n) is 3.87. The molecule has 170 valence electrons. The molecule has 3 atom stereocenters. The first-order valence-corrected chi connectivity index (χ1v) is 11.3. The molecule has 6 heteroatoms. The first kappa shape index (κ1) is 22.2. The Morgan fingerprint density at radius 3 is 2.34 bits per heavy atom. The standard InChI is InChI=1S/C26H30O6/c1-2-28-15-3-4-16-29-21-8-6-20(7-9-21)26(27)31-23-12-10-22(11-13-23)30-18-19-5-14-24-25(17-19)32-24/h2,6-13,19,24-25H,1,3-5,14-18H2. The molecule has 2 aromatic carbocycles. The van der Waals surface area contributed by atoms with Gasteiger partial charge in [0.25, 0.3) is 0 Å². The van der Waals surface area contributed by atoms with Crippen molar-refractivity contribution >= 4 is 5.97 Å². The third-order valence-corrected chi connectivity index (χ3v) is 5.77. The summed E-state index contributed by atoms with van der Waals surface area (Å²) in [7, 11) is 0. The monoisotopic (exact) mass is 438 g/mol. The van der Waals surface area contributed by atoms with E-state index in [9.17, 15) is 4.79 Å². The number of hydrogen-bond acceptors (Lipinski definition) is 6. The molecule has 1 heterocycles. The minimum Gasteiger partial charge on any atom is -0.502 e. The van der Waals surface area contributed by atoms with Crippen LogP contribution in [0, 0.1) is 5.92 Å². The summed E-state index contributed by atoms with van der Waals surface area (Å²) >= 11 is 0. The highest BCUT2D eigenvalue weighted by molar-refractivity contribution is 5.91. The first-order chi connectivity index (χ1) is 15.7. The Morgan fingerprint density at radius 2 is 1.59 bits per heavy atom. The number of esters is 1. The third kappa shape index (κ3) is 6.50. The number of carbonyl (C=O) groups excluding carboxylic acids is 1. The van der Waals surface area contributed by atoms with Gasteiger partial charge in [-0.25, -0.2) is 4.79 Å². The lowest BCUT2D eigenvalue weighted by molar-refractivity contribution is 0.0734. The molecule has 1 saturated heterocycles. The Labute approximate surface area is 189 Å². The molecule has 6 nitrogen and oxygen atoms in total. The fourth-order valence-corrected chi connectivity index (χ4v) is 3.87. The molecular weight excluding hydrogens is 408 g/mol. The van der Waals surface area contributed by atoms with Crippen LogP contribution >= 0.6 is 0 Å². The summed E-state index contributed by atoms with van der Waals surface area (Å²) in [4.78, 5) is 12.4. The van der Waals surface area contributed by atoms with Crippen LogP contribution in [-0.2, 0) is 9.47 Å². The topological polar surface area (TPSA) is 66.5 Å². The van der Waals surface area contributed by atoms with Gasteiger partial charge in [-0.05, 0) is 86.6 Å². The van der Waals surface area contributed by atoms with Gasteiger partial charge in [-0.1, -0.05) is 6.58 Å². The van der Waals surface area contributed by atoms with Crippen molar-refractivity contribution in [1.29, 1.82) is 0 Å². The minimum absolute atomic E-state index is 0.409. The summed E-state index contributed by atoms with van der Waals surface area (Å²) in [5.41, 5.74) is 0.468. The third-order valence-electron chi connectivity index (χ3n) is 5.77.